The lowest BCUT2D eigenvalue weighted by atomic mass is 9.89. The van der Waals surface area contributed by atoms with Crippen molar-refractivity contribution >= 4 is 22.3 Å². The van der Waals surface area contributed by atoms with Crippen LogP contribution in [0.3, 0.4) is 0 Å². The van der Waals surface area contributed by atoms with E-state index in [1.165, 1.54) is 17.3 Å². The summed E-state index contributed by atoms with van der Waals surface area (Å²) < 4.78 is 26.9. The quantitative estimate of drug-likeness (QED) is 0.187. The van der Waals surface area contributed by atoms with E-state index < -0.39 is 5.82 Å². The molecule has 5 rings (SSSR count). The largest absolute Gasteiger partial charge is 0.372 e. The second-order valence-corrected chi connectivity index (χ2v) is 11.5. The number of rotatable bonds is 12. The fourth-order valence-corrected chi connectivity index (χ4v) is 6.29. The standard InChI is InChI=1S/C33H44FN5O2/c1-3-5-20-40-33(41-21-6-4-2)25-15-18-38(19-16-25)27-11-9-24(10-12-27)26-8-7-17-39(23-26)30-14-13-28(34)31-29(22-35)36-37-32(30)31/h9-14,25-26,33H,3-8,15-21,23H2,1-2H3,(H,36,37)/t26-/m1/s1. The number of ether oxygens (including phenoxy) is 2. The summed E-state index contributed by atoms with van der Waals surface area (Å²) in [6.45, 7) is 9.73. The molecule has 220 valence electrons. The third kappa shape index (κ3) is 6.85. The van der Waals surface area contributed by atoms with Gasteiger partial charge in [-0.3, -0.25) is 5.10 Å². The van der Waals surface area contributed by atoms with Crippen molar-refractivity contribution in [3.8, 4) is 6.07 Å². The van der Waals surface area contributed by atoms with Crippen LogP contribution in [0, 0.1) is 23.1 Å². The van der Waals surface area contributed by atoms with Crippen LogP contribution in [0.4, 0.5) is 15.8 Å². The summed E-state index contributed by atoms with van der Waals surface area (Å²) >= 11 is 0. The number of unbranched alkanes of at least 4 members (excludes halogenated alkanes) is 2. The molecule has 1 aromatic heterocycles. The number of aromatic nitrogens is 2. The number of piperidine rings is 2. The van der Waals surface area contributed by atoms with Crippen molar-refractivity contribution in [3.05, 3.63) is 53.5 Å². The molecule has 0 amide bonds. The first kappa shape index (κ1) is 29.3. The van der Waals surface area contributed by atoms with E-state index in [1.807, 2.05) is 6.07 Å². The SMILES string of the molecule is CCCCOC(OCCCC)C1CCN(c2ccc([C@@H]3CCCN(c4ccc(F)c5c(C#N)n[nH]c45)C3)cc2)CC1. The molecule has 3 aromatic rings. The lowest BCUT2D eigenvalue weighted by Crippen LogP contribution is -2.40. The Morgan fingerprint density at radius 2 is 1.68 bits per heavy atom. The Balaban J connectivity index is 1.20. The van der Waals surface area contributed by atoms with Gasteiger partial charge in [0.25, 0.3) is 0 Å². The highest BCUT2D eigenvalue weighted by molar-refractivity contribution is 5.94. The van der Waals surface area contributed by atoms with Gasteiger partial charge in [-0.05, 0) is 68.4 Å². The van der Waals surface area contributed by atoms with E-state index in [2.05, 4.69) is 58.1 Å². The highest BCUT2D eigenvalue weighted by atomic mass is 19.1. The number of H-pyrrole nitrogens is 1. The van der Waals surface area contributed by atoms with Crippen molar-refractivity contribution in [2.75, 3.05) is 49.2 Å². The Kier molecular flexibility index (Phi) is 10.1. The average molecular weight is 562 g/mol. The first-order valence-electron chi connectivity index (χ1n) is 15.5. The Morgan fingerprint density at radius 1 is 0.976 bits per heavy atom. The maximum absolute atomic E-state index is 14.5. The third-order valence-electron chi connectivity index (χ3n) is 8.73. The number of anilines is 2. The minimum atomic E-state index is -0.411. The number of fused-ring (bicyclic) bond motifs is 1. The number of aromatic amines is 1. The molecule has 0 unspecified atom stereocenters. The molecule has 2 aliphatic rings. The maximum atomic E-state index is 14.5. The second-order valence-electron chi connectivity index (χ2n) is 11.5. The molecule has 0 saturated carbocycles. The Labute approximate surface area is 243 Å². The van der Waals surface area contributed by atoms with Gasteiger partial charge in [-0.1, -0.05) is 38.8 Å². The zero-order valence-electron chi connectivity index (χ0n) is 24.6. The molecule has 2 saturated heterocycles. The number of nitriles is 1. The summed E-state index contributed by atoms with van der Waals surface area (Å²) in [6.07, 6.45) is 8.69. The van der Waals surface area contributed by atoms with Crippen LogP contribution in [0.1, 0.15) is 82.4 Å². The number of nitrogens with one attached hydrogen (secondary N) is 1. The Hall–Kier alpha value is -3.15. The van der Waals surface area contributed by atoms with Gasteiger partial charge in [0.05, 0.1) is 16.6 Å². The molecule has 7 nitrogen and oxygen atoms in total. The molecule has 2 aliphatic heterocycles. The second kappa shape index (κ2) is 14.2. The zero-order chi connectivity index (χ0) is 28.6. The van der Waals surface area contributed by atoms with Crippen molar-refractivity contribution < 1.29 is 13.9 Å². The predicted molar refractivity (Wildman–Crippen MR) is 162 cm³/mol. The van der Waals surface area contributed by atoms with Gasteiger partial charge in [-0.15, -0.1) is 0 Å². The van der Waals surface area contributed by atoms with Crippen LogP contribution in [0.5, 0.6) is 0 Å². The van der Waals surface area contributed by atoms with Crippen LogP contribution in [-0.2, 0) is 9.47 Å². The predicted octanol–water partition coefficient (Wildman–Crippen LogP) is 7.13. The van der Waals surface area contributed by atoms with Gasteiger partial charge in [0.15, 0.2) is 12.0 Å². The summed E-state index contributed by atoms with van der Waals surface area (Å²) in [5.74, 6) is 0.429. The van der Waals surface area contributed by atoms with Crippen LogP contribution in [0.15, 0.2) is 36.4 Å². The number of benzene rings is 2. The van der Waals surface area contributed by atoms with Crippen molar-refractivity contribution in [1.29, 1.82) is 5.26 Å². The summed E-state index contributed by atoms with van der Waals surface area (Å²) in [5, 5.41) is 16.6. The summed E-state index contributed by atoms with van der Waals surface area (Å²) in [6, 6.07) is 14.4. The summed E-state index contributed by atoms with van der Waals surface area (Å²) in [7, 11) is 0. The fraction of sp³-hybridized carbons (Fsp3) is 0.576. The molecule has 0 spiro atoms. The van der Waals surface area contributed by atoms with Crippen LogP contribution >= 0.6 is 0 Å². The van der Waals surface area contributed by atoms with Crippen molar-refractivity contribution in [1.82, 2.24) is 10.2 Å². The smallest absolute Gasteiger partial charge is 0.173 e. The summed E-state index contributed by atoms with van der Waals surface area (Å²) in [4.78, 5) is 4.79. The first-order valence-corrected chi connectivity index (χ1v) is 15.5. The van der Waals surface area contributed by atoms with Gasteiger partial charge in [0.1, 0.15) is 11.9 Å². The zero-order valence-corrected chi connectivity index (χ0v) is 24.6. The molecule has 41 heavy (non-hydrogen) atoms. The maximum Gasteiger partial charge on any atom is 0.173 e. The average Bonchev–Trinajstić information content (AvgIpc) is 3.46. The topological polar surface area (TPSA) is 77.4 Å². The number of hydrogen-bond acceptors (Lipinski definition) is 6. The van der Waals surface area contributed by atoms with E-state index in [9.17, 15) is 9.65 Å². The molecule has 0 radical (unpaired) electrons. The fourth-order valence-electron chi connectivity index (χ4n) is 6.29. The summed E-state index contributed by atoms with van der Waals surface area (Å²) in [5.41, 5.74) is 4.24. The normalized spacial score (nSPS) is 18.4. The molecule has 2 aromatic carbocycles. The lowest BCUT2D eigenvalue weighted by molar-refractivity contribution is -0.177. The van der Waals surface area contributed by atoms with E-state index >= 15 is 0 Å². The van der Waals surface area contributed by atoms with Gasteiger partial charge in [-0.25, -0.2) is 4.39 Å². The minimum absolute atomic E-state index is 0.0811. The van der Waals surface area contributed by atoms with E-state index in [0.717, 1.165) is 96.4 Å². The molecule has 1 atom stereocenters. The molecule has 0 bridgehead atoms. The van der Waals surface area contributed by atoms with Crippen molar-refractivity contribution in [2.24, 2.45) is 5.92 Å². The number of halogens is 1. The van der Waals surface area contributed by atoms with E-state index in [-0.39, 0.29) is 17.4 Å². The molecule has 1 N–H and O–H groups in total. The van der Waals surface area contributed by atoms with Gasteiger partial charge in [0.2, 0.25) is 0 Å². The van der Waals surface area contributed by atoms with Crippen molar-refractivity contribution in [3.63, 3.8) is 0 Å². The minimum Gasteiger partial charge on any atom is -0.372 e. The molecule has 3 heterocycles. The highest BCUT2D eigenvalue weighted by Gasteiger charge is 2.29. The van der Waals surface area contributed by atoms with Gasteiger partial charge in [0, 0.05) is 56.9 Å². The molecular weight excluding hydrogens is 517 g/mol. The molecule has 0 aliphatic carbocycles. The van der Waals surface area contributed by atoms with Crippen LogP contribution in [0.2, 0.25) is 0 Å². The van der Waals surface area contributed by atoms with Gasteiger partial charge < -0.3 is 19.3 Å². The third-order valence-corrected chi connectivity index (χ3v) is 8.73. The highest BCUT2D eigenvalue weighted by Crippen LogP contribution is 2.36. The van der Waals surface area contributed by atoms with E-state index in [1.54, 1.807) is 6.07 Å². The van der Waals surface area contributed by atoms with Crippen LogP contribution in [0.25, 0.3) is 10.9 Å². The molecule has 2 fully saturated rings. The number of nitrogens with zero attached hydrogens (tertiary/aromatic N) is 4. The van der Waals surface area contributed by atoms with E-state index in [0.29, 0.717) is 17.4 Å². The molecular formula is C33H44FN5O2. The van der Waals surface area contributed by atoms with Gasteiger partial charge in [-0.2, -0.15) is 10.4 Å². The Bertz CT molecular complexity index is 1290. The van der Waals surface area contributed by atoms with Crippen LogP contribution in [-0.4, -0.2) is 55.9 Å². The van der Waals surface area contributed by atoms with Gasteiger partial charge >= 0.3 is 0 Å². The molecule has 8 heteroatoms. The van der Waals surface area contributed by atoms with Crippen LogP contribution < -0.4 is 9.80 Å². The lowest BCUT2D eigenvalue weighted by Gasteiger charge is -2.37. The van der Waals surface area contributed by atoms with Crippen molar-refractivity contribution in [2.45, 2.75) is 77.4 Å². The van der Waals surface area contributed by atoms with E-state index in [4.69, 9.17) is 9.47 Å². The first-order chi connectivity index (χ1) is 20.1. The monoisotopic (exact) mass is 561 g/mol. The number of hydrogen-bond donors (Lipinski definition) is 1. The Morgan fingerprint density at radius 3 is 2.34 bits per heavy atom.